The van der Waals surface area contributed by atoms with Crippen LogP contribution in [0.1, 0.15) is 45.6 Å². The van der Waals surface area contributed by atoms with Crippen LogP contribution in [-0.4, -0.2) is 12.6 Å². The molecule has 0 bridgehead atoms. The maximum atomic E-state index is 13.9. The first-order valence-corrected chi connectivity index (χ1v) is 8.08. The predicted molar refractivity (Wildman–Crippen MR) is 83.2 cm³/mol. The molecule has 4 unspecified atom stereocenters. The van der Waals surface area contributed by atoms with Gasteiger partial charge in [0.25, 0.3) is 0 Å². The summed E-state index contributed by atoms with van der Waals surface area (Å²) in [5, 5.41) is 3.60. The second-order valence-corrected chi connectivity index (χ2v) is 6.49. The molecule has 0 aliphatic heterocycles. The maximum Gasteiger partial charge on any atom is 0.126 e. The third-order valence-corrected chi connectivity index (χ3v) is 5.07. The molecule has 20 heavy (non-hydrogen) atoms. The second kappa shape index (κ2) is 7.21. The van der Waals surface area contributed by atoms with Crippen LogP contribution in [0.4, 0.5) is 4.39 Å². The van der Waals surface area contributed by atoms with E-state index in [0.717, 1.165) is 30.4 Å². The topological polar surface area (TPSA) is 12.0 Å². The fourth-order valence-corrected chi connectivity index (χ4v) is 3.52. The van der Waals surface area contributed by atoms with Crippen LogP contribution in [0.25, 0.3) is 0 Å². The van der Waals surface area contributed by atoms with E-state index < -0.39 is 0 Å². The summed E-state index contributed by atoms with van der Waals surface area (Å²) >= 11 is 0. The van der Waals surface area contributed by atoms with Gasteiger partial charge in [-0.3, -0.25) is 0 Å². The highest BCUT2D eigenvalue weighted by Crippen LogP contribution is 2.35. The van der Waals surface area contributed by atoms with Crippen molar-refractivity contribution >= 4 is 0 Å². The molecule has 2 heteroatoms. The number of benzene rings is 1. The average Bonchev–Trinajstić information content (AvgIpc) is 2.44. The Morgan fingerprint density at radius 1 is 1.20 bits per heavy atom. The van der Waals surface area contributed by atoms with Gasteiger partial charge in [0.1, 0.15) is 5.82 Å². The minimum absolute atomic E-state index is 0.0624. The van der Waals surface area contributed by atoms with Gasteiger partial charge < -0.3 is 5.32 Å². The van der Waals surface area contributed by atoms with Gasteiger partial charge in [-0.25, -0.2) is 4.39 Å². The summed E-state index contributed by atoms with van der Waals surface area (Å²) in [5.41, 5.74) is 0.852. The average molecular weight is 277 g/mol. The van der Waals surface area contributed by atoms with E-state index in [2.05, 4.69) is 26.1 Å². The molecular formula is C18H28FN. The van der Waals surface area contributed by atoms with Crippen LogP contribution in [0.15, 0.2) is 24.3 Å². The van der Waals surface area contributed by atoms with Crippen molar-refractivity contribution in [2.45, 2.75) is 52.5 Å². The zero-order valence-corrected chi connectivity index (χ0v) is 13.0. The van der Waals surface area contributed by atoms with Crippen molar-refractivity contribution in [2.24, 2.45) is 17.8 Å². The van der Waals surface area contributed by atoms with Gasteiger partial charge in [0.15, 0.2) is 0 Å². The largest absolute Gasteiger partial charge is 0.314 e. The van der Waals surface area contributed by atoms with Gasteiger partial charge in [-0.15, -0.1) is 0 Å². The molecule has 1 aliphatic carbocycles. The SMILES string of the molecule is CCNC(Cc1ccccc1F)C1CCC(C)C(C)C1. The first kappa shape index (κ1) is 15.5. The molecule has 0 aromatic heterocycles. The van der Waals surface area contributed by atoms with Gasteiger partial charge in [0, 0.05) is 6.04 Å². The van der Waals surface area contributed by atoms with Crippen LogP contribution in [0, 0.1) is 23.6 Å². The van der Waals surface area contributed by atoms with Crippen molar-refractivity contribution in [3.8, 4) is 0 Å². The molecule has 1 fully saturated rings. The Morgan fingerprint density at radius 2 is 1.95 bits per heavy atom. The Hall–Kier alpha value is -0.890. The van der Waals surface area contributed by atoms with E-state index in [9.17, 15) is 4.39 Å². The molecule has 1 aromatic carbocycles. The first-order valence-electron chi connectivity index (χ1n) is 8.08. The second-order valence-electron chi connectivity index (χ2n) is 6.49. The summed E-state index contributed by atoms with van der Waals surface area (Å²) in [6.45, 7) is 7.83. The molecule has 112 valence electrons. The minimum atomic E-state index is -0.0624. The summed E-state index contributed by atoms with van der Waals surface area (Å²) in [6, 6.07) is 7.61. The molecule has 0 amide bonds. The van der Waals surface area contributed by atoms with E-state index in [1.165, 1.54) is 19.3 Å². The number of hydrogen-bond donors (Lipinski definition) is 1. The zero-order chi connectivity index (χ0) is 14.5. The fraction of sp³-hybridized carbons (Fsp3) is 0.667. The lowest BCUT2D eigenvalue weighted by Crippen LogP contribution is -2.41. The first-order chi connectivity index (χ1) is 9.61. The van der Waals surface area contributed by atoms with Gasteiger partial charge in [-0.1, -0.05) is 45.4 Å². The molecule has 1 aromatic rings. The summed E-state index contributed by atoms with van der Waals surface area (Å²) in [7, 11) is 0. The highest BCUT2D eigenvalue weighted by atomic mass is 19.1. The lowest BCUT2D eigenvalue weighted by molar-refractivity contribution is 0.170. The Kier molecular flexibility index (Phi) is 5.59. The van der Waals surface area contributed by atoms with Crippen LogP contribution < -0.4 is 5.32 Å². The van der Waals surface area contributed by atoms with Crippen LogP contribution in [-0.2, 0) is 6.42 Å². The third-order valence-electron chi connectivity index (χ3n) is 5.07. The van der Waals surface area contributed by atoms with Gasteiger partial charge in [0.05, 0.1) is 0 Å². The van der Waals surface area contributed by atoms with Crippen LogP contribution in [0.5, 0.6) is 0 Å². The Bertz CT molecular complexity index is 418. The Morgan fingerprint density at radius 3 is 2.60 bits per heavy atom. The molecule has 0 radical (unpaired) electrons. The Balaban J connectivity index is 2.05. The van der Waals surface area contributed by atoms with Crippen molar-refractivity contribution in [1.29, 1.82) is 0 Å². The van der Waals surface area contributed by atoms with Crippen molar-refractivity contribution < 1.29 is 4.39 Å². The summed E-state index contributed by atoms with van der Waals surface area (Å²) < 4.78 is 13.9. The number of rotatable bonds is 5. The van der Waals surface area contributed by atoms with E-state index in [1.54, 1.807) is 12.1 Å². The summed E-state index contributed by atoms with van der Waals surface area (Å²) in [4.78, 5) is 0. The normalized spacial score (nSPS) is 28.3. The number of nitrogens with one attached hydrogen (secondary N) is 1. The molecule has 4 atom stereocenters. The number of hydrogen-bond acceptors (Lipinski definition) is 1. The van der Waals surface area contributed by atoms with Gasteiger partial charge >= 0.3 is 0 Å². The standard InChI is InChI=1S/C18H28FN/c1-4-20-18(12-15-7-5-6-8-17(15)19)16-10-9-13(2)14(3)11-16/h5-8,13-14,16,18,20H,4,9-12H2,1-3H3. The van der Waals surface area contributed by atoms with Gasteiger partial charge in [-0.05, 0) is 55.2 Å². The molecular weight excluding hydrogens is 249 g/mol. The van der Waals surface area contributed by atoms with Crippen LogP contribution in [0.3, 0.4) is 0 Å². The molecule has 1 aliphatic rings. The van der Waals surface area contributed by atoms with Crippen LogP contribution in [0.2, 0.25) is 0 Å². The number of halogens is 1. The van der Waals surface area contributed by atoms with E-state index in [0.29, 0.717) is 12.0 Å². The van der Waals surface area contributed by atoms with E-state index in [4.69, 9.17) is 0 Å². The molecule has 0 saturated heterocycles. The van der Waals surface area contributed by atoms with Crippen LogP contribution >= 0.6 is 0 Å². The van der Waals surface area contributed by atoms with Crippen molar-refractivity contribution in [3.63, 3.8) is 0 Å². The smallest absolute Gasteiger partial charge is 0.126 e. The lowest BCUT2D eigenvalue weighted by atomic mass is 9.72. The summed E-state index contributed by atoms with van der Waals surface area (Å²) in [6.07, 6.45) is 4.67. The van der Waals surface area contributed by atoms with E-state index in [-0.39, 0.29) is 5.82 Å². The minimum Gasteiger partial charge on any atom is -0.314 e. The molecule has 0 spiro atoms. The quantitative estimate of drug-likeness (QED) is 0.840. The van der Waals surface area contributed by atoms with Crippen molar-refractivity contribution in [1.82, 2.24) is 5.32 Å². The number of likely N-dealkylation sites (N-methyl/N-ethyl adjacent to an activating group) is 1. The zero-order valence-electron chi connectivity index (χ0n) is 13.0. The predicted octanol–water partition coefficient (Wildman–Crippen LogP) is 4.42. The van der Waals surface area contributed by atoms with Gasteiger partial charge in [-0.2, -0.15) is 0 Å². The van der Waals surface area contributed by atoms with E-state index in [1.807, 2.05) is 12.1 Å². The van der Waals surface area contributed by atoms with E-state index >= 15 is 0 Å². The molecule has 2 rings (SSSR count). The maximum absolute atomic E-state index is 13.9. The molecule has 1 saturated carbocycles. The highest BCUT2D eigenvalue weighted by molar-refractivity contribution is 5.18. The third kappa shape index (κ3) is 3.82. The molecule has 1 nitrogen and oxygen atoms in total. The summed E-state index contributed by atoms with van der Waals surface area (Å²) in [5.74, 6) is 2.24. The van der Waals surface area contributed by atoms with Crippen molar-refractivity contribution in [2.75, 3.05) is 6.54 Å². The molecule has 0 heterocycles. The van der Waals surface area contributed by atoms with Crippen molar-refractivity contribution in [3.05, 3.63) is 35.6 Å². The molecule has 1 N–H and O–H groups in total. The Labute approximate surface area is 123 Å². The lowest BCUT2D eigenvalue weighted by Gasteiger charge is -2.37. The monoisotopic (exact) mass is 277 g/mol. The highest BCUT2D eigenvalue weighted by Gasteiger charge is 2.30. The fourth-order valence-electron chi connectivity index (χ4n) is 3.52. The van der Waals surface area contributed by atoms with Gasteiger partial charge in [0.2, 0.25) is 0 Å².